The summed E-state index contributed by atoms with van der Waals surface area (Å²) in [4.78, 5) is 0. The number of rotatable bonds is 3. The van der Waals surface area contributed by atoms with Crippen LogP contribution in [0.5, 0.6) is 0 Å². The molecule has 0 aromatic heterocycles. The summed E-state index contributed by atoms with van der Waals surface area (Å²) in [6.45, 7) is 6.89. The van der Waals surface area contributed by atoms with E-state index in [1.54, 1.807) is 7.05 Å². The van der Waals surface area contributed by atoms with E-state index in [0.717, 1.165) is 19.4 Å². The molecule has 2 nitrogen and oxygen atoms in total. The standard InChI is InChI=1S/C5H13NO.C2H6/c1-3-4-5-6(2)7;1-2/h7H,3-5H2,1-2H3;1-2H3. The van der Waals surface area contributed by atoms with Gasteiger partial charge in [-0.05, 0) is 6.42 Å². The maximum atomic E-state index is 8.52. The molecule has 0 heterocycles. The van der Waals surface area contributed by atoms with Crippen LogP contribution < -0.4 is 0 Å². The minimum Gasteiger partial charge on any atom is -0.314 e. The molecule has 0 aromatic carbocycles. The predicted octanol–water partition coefficient (Wildman–Crippen LogP) is 2.13. The van der Waals surface area contributed by atoms with E-state index >= 15 is 0 Å². The summed E-state index contributed by atoms with van der Waals surface area (Å²) in [5.74, 6) is 0. The van der Waals surface area contributed by atoms with Crippen molar-refractivity contribution in [1.82, 2.24) is 5.06 Å². The molecule has 9 heavy (non-hydrogen) atoms. The first-order valence-corrected chi connectivity index (χ1v) is 3.67. The monoisotopic (exact) mass is 133 g/mol. The molecule has 0 bridgehead atoms. The maximum absolute atomic E-state index is 8.52. The van der Waals surface area contributed by atoms with Gasteiger partial charge < -0.3 is 5.21 Å². The van der Waals surface area contributed by atoms with Gasteiger partial charge in [-0.1, -0.05) is 27.2 Å². The van der Waals surface area contributed by atoms with Crippen LogP contribution in [0.1, 0.15) is 33.6 Å². The highest BCUT2D eigenvalue weighted by Gasteiger charge is 1.85. The van der Waals surface area contributed by atoms with Gasteiger partial charge in [0.2, 0.25) is 0 Å². The Labute approximate surface area is 58.4 Å². The molecule has 0 rings (SSSR count). The van der Waals surface area contributed by atoms with Crippen molar-refractivity contribution in [3.63, 3.8) is 0 Å². The number of hydrogen-bond acceptors (Lipinski definition) is 2. The van der Waals surface area contributed by atoms with Gasteiger partial charge in [0.25, 0.3) is 0 Å². The van der Waals surface area contributed by atoms with Gasteiger partial charge in [0, 0.05) is 13.6 Å². The largest absolute Gasteiger partial charge is 0.314 e. The lowest BCUT2D eigenvalue weighted by molar-refractivity contribution is -0.0652. The number of unbranched alkanes of at least 4 members (excludes halogenated alkanes) is 1. The summed E-state index contributed by atoms with van der Waals surface area (Å²) in [5.41, 5.74) is 0. The van der Waals surface area contributed by atoms with Crippen LogP contribution in [-0.2, 0) is 0 Å². The van der Waals surface area contributed by atoms with Gasteiger partial charge in [0.05, 0.1) is 0 Å². The molecule has 0 saturated heterocycles. The van der Waals surface area contributed by atoms with Gasteiger partial charge in [-0.15, -0.1) is 0 Å². The smallest absolute Gasteiger partial charge is 0.0234 e. The molecular formula is C7H19NO. The molecule has 58 valence electrons. The van der Waals surface area contributed by atoms with Gasteiger partial charge in [0.1, 0.15) is 0 Å². The van der Waals surface area contributed by atoms with E-state index in [1.165, 1.54) is 5.06 Å². The average Bonchev–Trinajstić information content (AvgIpc) is 1.88. The van der Waals surface area contributed by atoms with Crippen molar-refractivity contribution in [2.75, 3.05) is 13.6 Å². The Balaban J connectivity index is 0. The molecular weight excluding hydrogens is 114 g/mol. The van der Waals surface area contributed by atoms with Crippen molar-refractivity contribution in [2.45, 2.75) is 33.6 Å². The molecule has 0 aliphatic carbocycles. The second kappa shape index (κ2) is 10.8. The lowest BCUT2D eigenvalue weighted by Crippen LogP contribution is -2.13. The Kier molecular flexibility index (Phi) is 14.0. The van der Waals surface area contributed by atoms with Crippen LogP contribution in [0.15, 0.2) is 0 Å². The number of hydrogen-bond donors (Lipinski definition) is 1. The Morgan fingerprint density at radius 2 is 1.78 bits per heavy atom. The molecule has 0 spiro atoms. The third-order valence-electron chi connectivity index (χ3n) is 0.835. The van der Waals surface area contributed by atoms with E-state index in [9.17, 15) is 0 Å². The SMILES string of the molecule is CC.CCCCN(C)O. The van der Waals surface area contributed by atoms with Crippen LogP contribution in [0.25, 0.3) is 0 Å². The first-order valence-electron chi connectivity index (χ1n) is 3.67. The molecule has 0 fully saturated rings. The highest BCUT2D eigenvalue weighted by Crippen LogP contribution is 1.85. The van der Waals surface area contributed by atoms with Crippen LogP contribution in [0, 0.1) is 0 Å². The third-order valence-corrected chi connectivity index (χ3v) is 0.835. The molecule has 0 unspecified atom stereocenters. The molecule has 0 radical (unpaired) electrons. The van der Waals surface area contributed by atoms with Gasteiger partial charge in [-0.2, -0.15) is 5.06 Å². The van der Waals surface area contributed by atoms with E-state index in [0.29, 0.717) is 0 Å². The van der Waals surface area contributed by atoms with Crippen LogP contribution in [0.4, 0.5) is 0 Å². The van der Waals surface area contributed by atoms with Gasteiger partial charge >= 0.3 is 0 Å². The van der Waals surface area contributed by atoms with Crippen molar-refractivity contribution >= 4 is 0 Å². The minimum absolute atomic E-state index is 0.788. The van der Waals surface area contributed by atoms with E-state index in [-0.39, 0.29) is 0 Å². The summed E-state index contributed by atoms with van der Waals surface area (Å²) in [5, 5.41) is 9.73. The predicted molar refractivity (Wildman–Crippen MR) is 40.7 cm³/mol. The normalized spacial score (nSPS) is 8.67. The number of hydroxylamine groups is 2. The zero-order valence-corrected chi connectivity index (χ0v) is 7.02. The fraction of sp³-hybridized carbons (Fsp3) is 1.00. The maximum Gasteiger partial charge on any atom is 0.0234 e. The van der Waals surface area contributed by atoms with Crippen molar-refractivity contribution in [3.8, 4) is 0 Å². The zero-order valence-electron chi connectivity index (χ0n) is 7.02. The molecule has 0 aliphatic rings. The Hall–Kier alpha value is -0.0800. The number of nitrogens with zero attached hydrogens (tertiary/aromatic N) is 1. The Bertz CT molecular complexity index is 37.9. The van der Waals surface area contributed by atoms with E-state index < -0.39 is 0 Å². The molecule has 0 amide bonds. The second-order valence-electron chi connectivity index (χ2n) is 1.73. The highest BCUT2D eigenvalue weighted by molar-refractivity contribution is 4.34. The molecule has 2 heteroatoms. The van der Waals surface area contributed by atoms with Gasteiger partial charge in [-0.3, -0.25) is 0 Å². The third kappa shape index (κ3) is 18.1. The molecule has 0 aliphatic heterocycles. The lowest BCUT2D eigenvalue weighted by atomic mass is 10.3. The van der Waals surface area contributed by atoms with Crippen LogP contribution in [0.2, 0.25) is 0 Å². The fourth-order valence-electron chi connectivity index (χ4n) is 0.387. The second-order valence-corrected chi connectivity index (χ2v) is 1.73. The van der Waals surface area contributed by atoms with Crippen LogP contribution in [0.3, 0.4) is 0 Å². The summed E-state index contributed by atoms with van der Waals surface area (Å²) in [7, 11) is 1.66. The van der Waals surface area contributed by atoms with Gasteiger partial charge in [0.15, 0.2) is 0 Å². The van der Waals surface area contributed by atoms with Crippen LogP contribution >= 0.6 is 0 Å². The quantitative estimate of drug-likeness (QED) is 0.596. The fourth-order valence-corrected chi connectivity index (χ4v) is 0.387. The van der Waals surface area contributed by atoms with E-state index in [2.05, 4.69) is 6.92 Å². The van der Waals surface area contributed by atoms with Crippen molar-refractivity contribution < 1.29 is 5.21 Å². The summed E-state index contributed by atoms with van der Waals surface area (Å²) in [6, 6.07) is 0. The highest BCUT2D eigenvalue weighted by atomic mass is 16.5. The molecule has 0 aromatic rings. The topological polar surface area (TPSA) is 23.5 Å². The zero-order chi connectivity index (χ0) is 7.70. The van der Waals surface area contributed by atoms with Crippen LogP contribution in [-0.4, -0.2) is 23.9 Å². The first-order chi connectivity index (χ1) is 4.27. The first kappa shape index (κ1) is 11.7. The van der Waals surface area contributed by atoms with Crippen molar-refractivity contribution in [3.05, 3.63) is 0 Å². The average molecular weight is 133 g/mol. The van der Waals surface area contributed by atoms with Crippen molar-refractivity contribution in [2.24, 2.45) is 0 Å². The van der Waals surface area contributed by atoms with E-state index in [1.807, 2.05) is 13.8 Å². The molecule has 1 N–H and O–H groups in total. The van der Waals surface area contributed by atoms with E-state index in [4.69, 9.17) is 5.21 Å². The summed E-state index contributed by atoms with van der Waals surface area (Å²) < 4.78 is 0. The Morgan fingerprint density at radius 1 is 1.33 bits per heavy atom. The van der Waals surface area contributed by atoms with Gasteiger partial charge in [-0.25, -0.2) is 0 Å². The van der Waals surface area contributed by atoms with Crippen molar-refractivity contribution in [1.29, 1.82) is 0 Å². The summed E-state index contributed by atoms with van der Waals surface area (Å²) >= 11 is 0. The molecule has 0 saturated carbocycles. The minimum atomic E-state index is 0.788. The summed E-state index contributed by atoms with van der Waals surface area (Å²) in [6.07, 6.45) is 2.22. The Morgan fingerprint density at radius 3 is 1.89 bits per heavy atom. The lowest BCUT2D eigenvalue weighted by Gasteiger charge is -2.03. The molecule has 0 atom stereocenters.